The fraction of sp³-hybridized carbons (Fsp3) is 0.471. The van der Waals surface area contributed by atoms with E-state index in [-0.39, 0.29) is 5.92 Å². The van der Waals surface area contributed by atoms with Gasteiger partial charge in [-0.2, -0.15) is 5.26 Å². The van der Waals surface area contributed by atoms with Crippen LogP contribution in [0.4, 0.5) is 5.82 Å². The zero-order chi connectivity index (χ0) is 18.5. The molecule has 0 spiro atoms. The first-order valence-corrected chi connectivity index (χ1v) is 9.50. The molecule has 1 N–H and O–H groups in total. The maximum absolute atomic E-state index is 10.8. The molecule has 1 aromatic carbocycles. The summed E-state index contributed by atoms with van der Waals surface area (Å²) in [7, 11) is -1.13. The molecule has 8 nitrogen and oxygen atoms in total. The van der Waals surface area contributed by atoms with Crippen LogP contribution < -0.4 is 9.64 Å². The summed E-state index contributed by atoms with van der Waals surface area (Å²) in [6.07, 6.45) is 2.89. The van der Waals surface area contributed by atoms with Crippen LogP contribution in [-0.4, -0.2) is 41.2 Å². The lowest BCUT2D eigenvalue weighted by atomic mass is 9.91. The number of ether oxygens (including phenoxy) is 1. The number of piperidine rings is 1. The molecule has 1 fully saturated rings. The molecule has 1 aromatic heterocycles. The Balaban J connectivity index is 1.70. The number of nitriles is 1. The molecule has 2 heterocycles. The number of benzene rings is 1. The second kappa shape index (κ2) is 8.37. The van der Waals surface area contributed by atoms with Crippen LogP contribution in [0.1, 0.15) is 19.3 Å². The van der Waals surface area contributed by atoms with E-state index in [1.54, 1.807) is 13.4 Å². The highest BCUT2D eigenvalue weighted by Crippen LogP contribution is 2.33. The van der Waals surface area contributed by atoms with Crippen molar-refractivity contribution in [2.24, 2.45) is 5.92 Å². The van der Waals surface area contributed by atoms with E-state index in [0.29, 0.717) is 12.2 Å². The third kappa shape index (κ3) is 4.07. The molecule has 26 heavy (non-hydrogen) atoms. The summed E-state index contributed by atoms with van der Waals surface area (Å²) in [5, 5.41) is 9.99. The summed E-state index contributed by atoms with van der Waals surface area (Å²) in [6, 6.07) is 7.73. The van der Waals surface area contributed by atoms with Crippen molar-refractivity contribution >= 4 is 25.0 Å². The number of hydrogen-bond donors (Lipinski definition) is 1. The molecule has 2 atom stereocenters. The highest BCUT2D eigenvalue weighted by Gasteiger charge is 2.29. The number of rotatable bonds is 6. The van der Waals surface area contributed by atoms with Crippen LogP contribution >= 0.6 is 8.25 Å². The van der Waals surface area contributed by atoms with Gasteiger partial charge in [0.05, 0.1) is 13.2 Å². The summed E-state index contributed by atoms with van der Waals surface area (Å²) in [5.74, 6) is 1.86. The molecule has 1 aliphatic rings. The van der Waals surface area contributed by atoms with Gasteiger partial charge < -0.3 is 9.64 Å². The zero-order valence-corrected chi connectivity index (χ0v) is 15.3. The summed E-state index contributed by atoms with van der Waals surface area (Å²) in [4.78, 5) is 19.8. The quantitative estimate of drug-likeness (QED) is 0.768. The zero-order valence-electron chi connectivity index (χ0n) is 14.4. The lowest BCUT2D eigenvalue weighted by molar-refractivity contribution is 0.192. The molecule has 0 bridgehead atoms. The van der Waals surface area contributed by atoms with Crippen molar-refractivity contribution < 1.29 is 18.7 Å². The standard InChI is InChI=1S/C17H19N4O4P/c1-24-15-4-2-3-14-16(15)19-11-20-17(14)21-7-5-12(6-8-21)9-13(10-18)25-26(22)23/h2-4,11-13H,5-9H2,1H3/p+1. The third-order valence-electron chi connectivity index (χ3n) is 4.65. The normalized spacial score (nSPS) is 17.0. The van der Waals surface area contributed by atoms with Crippen molar-refractivity contribution in [2.45, 2.75) is 25.4 Å². The van der Waals surface area contributed by atoms with E-state index in [1.165, 1.54) is 0 Å². The molecule has 0 saturated carbocycles. The van der Waals surface area contributed by atoms with Gasteiger partial charge in [-0.1, -0.05) is 6.07 Å². The SMILES string of the molecule is COc1cccc2c(N3CCC(CC(C#N)O[P+](=O)O)CC3)ncnc12. The Bertz CT molecular complexity index is 833. The highest BCUT2D eigenvalue weighted by molar-refractivity contribution is 7.32. The second-order valence-electron chi connectivity index (χ2n) is 6.18. The van der Waals surface area contributed by atoms with Crippen LogP contribution in [-0.2, 0) is 9.09 Å². The summed E-state index contributed by atoms with van der Waals surface area (Å²) < 4.78 is 20.9. The Morgan fingerprint density at radius 3 is 2.85 bits per heavy atom. The topological polar surface area (TPSA) is 109 Å². The largest absolute Gasteiger partial charge is 0.696 e. The molecular weight excluding hydrogens is 355 g/mol. The van der Waals surface area contributed by atoms with Crippen LogP contribution in [0.2, 0.25) is 0 Å². The van der Waals surface area contributed by atoms with Crippen molar-refractivity contribution in [1.29, 1.82) is 5.26 Å². The first-order chi connectivity index (χ1) is 12.6. The molecule has 1 saturated heterocycles. The van der Waals surface area contributed by atoms with Crippen LogP contribution in [0.25, 0.3) is 10.9 Å². The van der Waals surface area contributed by atoms with Gasteiger partial charge in [0, 0.05) is 23.0 Å². The summed E-state index contributed by atoms with van der Waals surface area (Å²) >= 11 is 0. The van der Waals surface area contributed by atoms with Gasteiger partial charge in [0.25, 0.3) is 0 Å². The first kappa shape index (κ1) is 18.5. The molecular formula is C17H20N4O4P+. The Kier molecular flexibility index (Phi) is 5.94. The monoisotopic (exact) mass is 375 g/mol. The molecule has 0 radical (unpaired) electrons. The number of anilines is 1. The van der Waals surface area contributed by atoms with Crippen LogP contribution in [0, 0.1) is 17.2 Å². The molecule has 9 heteroatoms. The van der Waals surface area contributed by atoms with Crippen molar-refractivity contribution in [3.05, 3.63) is 24.5 Å². The van der Waals surface area contributed by atoms with Gasteiger partial charge in [-0.15, -0.1) is 9.42 Å². The summed E-state index contributed by atoms with van der Waals surface area (Å²) in [6.45, 7) is 1.58. The predicted molar refractivity (Wildman–Crippen MR) is 96.0 cm³/mol. The maximum atomic E-state index is 10.8. The maximum Gasteiger partial charge on any atom is 0.696 e. The number of para-hydroxylation sites is 1. The second-order valence-corrected chi connectivity index (χ2v) is 6.87. The first-order valence-electron chi connectivity index (χ1n) is 8.37. The molecule has 1 aliphatic heterocycles. The number of fused-ring (bicyclic) bond motifs is 1. The number of hydrogen-bond acceptors (Lipinski definition) is 7. The van der Waals surface area contributed by atoms with E-state index in [0.717, 1.165) is 42.7 Å². The summed E-state index contributed by atoms with van der Waals surface area (Å²) in [5.41, 5.74) is 0.784. The smallest absolute Gasteiger partial charge is 0.494 e. The van der Waals surface area contributed by atoms with E-state index >= 15 is 0 Å². The van der Waals surface area contributed by atoms with Gasteiger partial charge in [0.15, 0.2) is 0 Å². The van der Waals surface area contributed by atoms with E-state index in [2.05, 4.69) is 14.9 Å². The van der Waals surface area contributed by atoms with Gasteiger partial charge >= 0.3 is 8.25 Å². The number of aromatic nitrogens is 2. The molecule has 3 rings (SSSR count). The Labute approximate surface area is 152 Å². The van der Waals surface area contributed by atoms with Gasteiger partial charge in [-0.05, 0) is 37.3 Å². The average Bonchev–Trinajstić information content (AvgIpc) is 2.66. The Morgan fingerprint density at radius 1 is 1.42 bits per heavy atom. The van der Waals surface area contributed by atoms with Gasteiger partial charge in [-0.25, -0.2) is 9.97 Å². The van der Waals surface area contributed by atoms with Crippen LogP contribution in [0.3, 0.4) is 0 Å². The predicted octanol–water partition coefficient (Wildman–Crippen LogP) is 2.80. The fourth-order valence-electron chi connectivity index (χ4n) is 3.37. The Morgan fingerprint density at radius 2 is 2.19 bits per heavy atom. The highest BCUT2D eigenvalue weighted by atomic mass is 31.1. The van der Waals surface area contributed by atoms with Crippen molar-refractivity contribution in [2.75, 3.05) is 25.1 Å². The van der Waals surface area contributed by atoms with Crippen LogP contribution in [0.15, 0.2) is 24.5 Å². The molecule has 0 aliphatic carbocycles. The lowest BCUT2D eigenvalue weighted by Gasteiger charge is -2.33. The number of methoxy groups -OCH3 is 1. The van der Waals surface area contributed by atoms with Crippen LogP contribution in [0.5, 0.6) is 5.75 Å². The molecule has 136 valence electrons. The van der Waals surface area contributed by atoms with Crippen molar-refractivity contribution in [3.8, 4) is 11.8 Å². The van der Waals surface area contributed by atoms with Crippen molar-refractivity contribution in [1.82, 2.24) is 9.97 Å². The van der Waals surface area contributed by atoms with Crippen molar-refractivity contribution in [3.63, 3.8) is 0 Å². The minimum atomic E-state index is -2.75. The fourth-order valence-corrected chi connectivity index (χ4v) is 3.73. The van der Waals surface area contributed by atoms with E-state index in [9.17, 15) is 4.57 Å². The lowest BCUT2D eigenvalue weighted by Crippen LogP contribution is -2.35. The third-order valence-corrected chi connectivity index (χ3v) is 5.08. The van der Waals surface area contributed by atoms with Gasteiger partial charge in [-0.3, -0.25) is 0 Å². The minimum Gasteiger partial charge on any atom is -0.494 e. The minimum absolute atomic E-state index is 0.272. The molecule has 2 aromatic rings. The Hall–Kier alpha value is -2.33. The van der Waals surface area contributed by atoms with E-state index in [1.807, 2.05) is 24.3 Å². The van der Waals surface area contributed by atoms with E-state index < -0.39 is 14.4 Å². The average molecular weight is 375 g/mol. The molecule has 2 unspecified atom stereocenters. The van der Waals surface area contributed by atoms with Gasteiger partial charge in [0.2, 0.25) is 6.10 Å². The number of nitrogens with zero attached hydrogens (tertiary/aromatic N) is 4. The van der Waals surface area contributed by atoms with Gasteiger partial charge in [0.1, 0.15) is 23.4 Å². The van der Waals surface area contributed by atoms with E-state index in [4.69, 9.17) is 19.4 Å². The molecule has 0 amide bonds.